The van der Waals surface area contributed by atoms with Crippen LogP contribution in [-0.2, 0) is 17.9 Å². The van der Waals surface area contributed by atoms with Gasteiger partial charge in [-0.05, 0) is 44.5 Å². The predicted molar refractivity (Wildman–Crippen MR) is 157 cm³/mol. The van der Waals surface area contributed by atoms with Gasteiger partial charge in [-0.25, -0.2) is 8.78 Å². The van der Waals surface area contributed by atoms with Crippen LogP contribution in [-0.4, -0.2) is 66.7 Å². The minimum Gasteiger partial charge on any atom is -0.492 e. The van der Waals surface area contributed by atoms with Crippen molar-refractivity contribution in [1.82, 2.24) is 14.8 Å². The topological polar surface area (TPSA) is 83.9 Å². The van der Waals surface area contributed by atoms with Crippen molar-refractivity contribution in [1.29, 1.82) is 0 Å². The predicted octanol–water partition coefficient (Wildman–Crippen LogP) is 4.84. The zero-order chi connectivity index (χ0) is 30.0. The minimum atomic E-state index is -0.799. The fourth-order valence-electron chi connectivity index (χ4n) is 5.45. The number of alkyl halides is 1. The summed E-state index contributed by atoms with van der Waals surface area (Å²) in [6.07, 6.45) is 1.27. The van der Waals surface area contributed by atoms with Crippen LogP contribution < -0.4 is 20.4 Å². The van der Waals surface area contributed by atoms with E-state index < -0.39 is 23.8 Å². The third kappa shape index (κ3) is 6.34. The van der Waals surface area contributed by atoms with E-state index >= 15 is 4.39 Å². The van der Waals surface area contributed by atoms with E-state index in [0.717, 1.165) is 6.07 Å². The Kier molecular flexibility index (Phi) is 9.56. The molecule has 1 saturated heterocycles. The average molecular weight is 610 g/mol. The maximum Gasteiger partial charge on any atom is 0.257 e. The van der Waals surface area contributed by atoms with E-state index in [0.29, 0.717) is 35.2 Å². The van der Waals surface area contributed by atoms with Crippen LogP contribution in [0.2, 0.25) is 10.0 Å². The largest absolute Gasteiger partial charge is 0.492 e. The molecule has 0 bridgehead atoms. The molecule has 1 aromatic heterocycles. The Bertz CT molecular complexity index is 1540. The fourth-order valence-corrected chi connectivity index (χ4v) is 5.92. The summed E-state index contributed by atoms with van der Waals surface area (Å²) in [6, 6.07) is 5.74. The molecule has 1 aliphatic rings. The first-order valence-corrected chi connectivity index (χ1v) is 13.9. The van der Waals surface area contributed by atoms with Crippen LogP contribution in [0.3, 0.4) is 0 Å². The summed E-state index contributed by atoms with van der Waals surface area (Å²) in [5.41, 5.74) is -0.0755. The number of ketones is 1. The number of methoxy groups -OCH3 is 1. The van der Waals surface area contributed by atoms with Gasteiger partial charge in [0.05, 0.1) is 31.1 Å². The Morgan fingerprint density at radius 1 is 1.15 bits per heavy atom. The summed E-state index contributed by atoms with van der Waals surface area (Å²) in [7, 11) is 1.36. The summed E-state index contributed by atoms with van der Waals surface area (Å²) in [5.74, 6) is -1.31. The summed E-state index contributed by atoms with van der Waals surface area (Å²) in [5, 5.41) is 3.32. The molecule has 0 unspecified atom stereocenters. The number of fused-ring (bicyclic) bond motifs is 1. The van der Waals surface area contributed by atoms with Crippen molar-refractivity contribution in [2.45, 2.75) is 45.9 Å². The van der Waals surface area contributed by atoms with Crippen LogP contribution in [0.1, 0.15) is 36.7 Å². The van der Waals surface area contributed by atoms with Gasteiger partial charge in [0.15, 0.2) is 11.6 Å². The number of benzene rings is 2. The Hall–Kier alpha value is -3.21. The number of carbonyl (C=O) groups excluding carboxylic acids is 2. The van der Waals surface area contributed by atoms with Gasteiger partial charge in [0.25, 0.3) is 5.91 Å². The second-order valence-electron chi connectivity index (χ2n) is 10.3. The monoisotopic (exact) mass is 608 g/mol. The number of anilines is 1. The first-order chi connectivity index (χ1) is 19.5. The number of amides is 1. The van der Waals surface area contributed by atoms with Gasteiger partial charge in [-0.3, -0.25) is 19.3 Å². The van der Waals surface area contributed by atoms with E-state index in [2.05, 4.69) is 10.2 Å². The van der Waals surface area contributed by atoms with E-state index in [1.54, 1.807) is 12.1 Å². The van der Waals surface area contributed by atoms with Crippen LogP contribution >= 0.6 is 23.2 Å². The van der Waals surface area contributed by atoms with Crippen molar-refractivity contribution >= 4 is 51.5 Å². The van der Waals surface area contributed by atoms with Crippen molar-refractivity contribution in [3.05, 3.63) is 67.7 Å². The molecule has 1 fully saturated rings. The average Bonchev–Trinajstić information content (AvgIpc) is 2.90. The molecule has 0 radical (unpaired) electrons. The lowest BCUT2D eigenvalue weighted by Gasteiger charge is -2.45. The molecule has 0 spiro atoms. The first kappa shape index (κ1) is 30.7. The lowest BCUT2D eigenvalue weighted by molar-refractivity contribution is -0.119. The number of hydrogen-bond acceptors (Lipinski definition) is 6. The number of halogens is 4. The lowest BCUT2D eigenvalue weighted by atomic mass is 10.0. The molecule has 12 heteroatoms. The van der Waals surface area contributed by atoms with Gasteiger partial charge < -0.3 is 19.5 Å². The van der Waals surface area contributed by atoms with Crippen LogP contribution in [0, 0.1) is 5.82 Å². The maximum absolute atomic E-state index is 15.9. The highest BCUT2D eigenvalue weighted by atomic mass is 35.5. The van der Waals surface area contributed by atoms with E-state index in [-0.39, 0.29) is 58.9 Å². The molecule has 4 rings (SSSR count). The van der Waals surface area contributed by atoms with Gasteiger partial charge >= 0.3 is 0 Å². The Morgan fingerprint density at radius 2 is 1.83 bits per heavy atom. The molecule has 1 N–H and O–H groups in total. The molecule has 1 amide bonds. The molecule has 220 valence electrons. The summed E-state index contributed by atoms with van der Waals surface area (Å²) < 4.78 is 36.6. The van der Waals surface area contributed by atoms with E-state index in [4.69, 9.17) is 27.9 Å². The molecule has 2 atom stereocenters. The SMILES string of the molecule is COc1c(N2C[C@@H](C)N(CC(C)=O)[C@@H](C)C2)c(F)cc2c(=O)c(C(=O)NCc3ccc(Cl)cc3Cl)cn(CCF)c12. The number of nitrogens with one attached hydrogen (secondary N) is 1. The molecule has 2 aromatic carbocycles. The molecule has 3 aromatic rings. The van der Waals surface area contributed by atoms with Crippen LogP contribution in [0.25, 0.3) is 10.9 Å². The van der Waals surface area contributed by atoms with E-state index in [1.165, 1.54) is 30.9 Å². The highest BCUT2D eigenvalue weighted by molar-refractivity contribution is 6.35. The maximum atomic E-state index is 15.9. The molecular weight excluding hydrogens is 577 g/mol. The molecule has 2 heterocycles. The van der Waals surface area contributed by atoms with Gasteiger partial charge in [0.2, 0.25) is 5.43 Å². The number of aryl methyl sites for hydroxylation is 1. The lowest BCUT2D eigenvalue weighted by Crippen LogP contribution is -2.58. The molecule has 8 nitrogen and oxygen atoms in total. The zero-order valence-corrected chi connectivity index (χ0v) is 24.8. The summed E-state index contributed by atoms with van der Waals surface area (Å²) in [6.45, 7) is 5.55. The highest BCUT2D eigenvalue weighted by Crippen LogP contribution is 2.39. The first-order valence-electron chi connectivity index (χ1n) is 13.2. The molecule has 1 aliphatic heterocycles. The Morgan fingerprint density at radius 3 is 2.41 bits per heavy atom. The summed E-state index contributed by atoms with van der Waals surface area (Å²) >= 11 is 12.1. The minimum absolute atomic E-state index is 0.0119. The number of pyridine rings is 1. The summed E-state index contributed by atoms with van der Waals surface area (Å²) in [4.78, 5) is 42.3. The second-order valence-corrected chi connectivity index (χ2v) is 11.1. The quantitative estimate of drug-likeness (QED) is 0.374. The number of hydrogen-bond donors (Lipinski definition) is 1. The fraction of sp³-hybridized carbons (Fsp3) is 0.414. The van der Waals surface area contributed by atoms with Crippen molar-refractivity contribution in [3.63, 3.8) is 0 Å². The standard InChI is InChI=1S/C29H32Cl2F2N4O4/c1-16-12-36(13-17(2)37(16)14-18(3)38)26-24(33)10-21-25(28(26)41-4)35(8-7-32)15-22(27(21)39)29(40)34-11-19-5-6-20(30)9-23(19)31/h5-6,9-10,15-17H,7-8,11-14H2,1-4H3,(H,34,40)/t16-,17+. The van der Waals surface area contributed by atoms with Crippen molar-refractivity contribution in [3.8, 4) is 5.75 Å². The number of nitrogens with zero attached hydrogens (tertiary/aromatic N) is 3. The number of piperazine rings is 1. The normalized spacial score (nSPS) is 17.6. The third-order valence-corrected chi connectivity index (χ3v) is 7.88. The van der Waals surface area contributed by atoms with Crippen molar-refractivity contribution in [2.75, 3.05) is 38.3 Å². The number of ether oxygens (including phenoxy) is 1. The Balaban J connectivity index is 1.76. The van der Waals surface area contributed by atoms with Gasteiger partial charge in [-0.15, -0.1) is 0 Å². The molecule has 41 heavy (non-hydrogen) atoms. The van der Waals surface area contributed by atoms with Crippen LogP contribution in [0.5, 0.6) is 5.75 Å². The number of carbonyl (C=O) groups is 2. The van der Waals surface area contributed by atoms with E-state index in [1.807, 2.05) is 18.7 Å². The Labute approximate surface area is 246 Å². The van der Waals surface area contributed by atoms with Crippen LogP contribution in [0.15, 0.2) is 35.3 Å². The second kappa shape index (κ2) is 12.8. The van der Waals surface area contributed by atoms with Gasteiger partial charge in [-0.2, -0.15) is 0 Å². The van der Waals surface area contributed by atoms with Gasteiger partial charge in [0, 0.05) is 48.0 Å². The van der Waals surface area contributed by atoms with Crippen molar-refractivity contribution < 1.29 is 23.1 Å². The molecular formula is C29H32Cl2F2N4O4. The van der Waals surface area contributed by atoms with E-state index in [9.17, 15) is 18.8 Å². The number of aromatic nitrogens is 1. The van der Waals surface area contributed by atoms with Gasteiger partial charge in [0.1, 0.15) is 23.7 Å². The van der Waals surface area contributed by atoms with Crippen molar-refractivity contribution in [2.24, 2.45) is 0 Å². The molecule has 0 aliphatic carbocycles. The third-order valence-electron chi connectivity index (χ3n) is 7.30. The zero-order valence-electron chi connectivity index (χ0n) is 23.3. The highest BCUT2D eigenvalue weighted by Gasteiger charge is 2.34. The smallest absolute Gasteiger partial charge is 0.257 e. The molecule has 0 saturated carbocycles. The number of rotatable bonds is 9. The number of Topliss-reactive ketones (excluding diaryl/α,β-unsaturated/α-hetero) is 1. The van der Waals surface area contributed by atoms with Gasteiger partial charge in [-0.1, -0.05) is 29.3 Å². The van der Waals surface area contributed by atoms with Crippen LogP contribution in [0.4, 0.5) is 14.5 Å².